The predicted molar refractivity (Wildman–Crippen MR) is 77.6 cm³/mol. The Morgan fingerprint density at radius 3 is 1.86 bits per heavy atom. The summed E-state index contributed by atoms with van der Waals surface area (Å²) in [5.74, 6) is -1.51. The molecule has 0 aromatic heterocycles. The van der Waals surface area contributed by atoms with Gasteiger partial charge in [0.25, 0.3) is 0 Å². The molecule has 0 unspecified atom stereocenters. The maximum absolute atomic E-state index is 12.2. The molecule has 0 rings (SSSR count). The molecule has 0 atom stereocenters. The van der Waals surface area contributed by atoms with Crippen molar-refractivity contribution < 1.29 is 37.2 Å². The first-order valence-corrected chi connectivity index (χ1v) is 8.05. The normalized spacial score (nSPS) is 10.8. The van der Waals surface area contributed by atoms with E-state index in [1.807, 2.05) is 6.92 Å². The van der Waals surface area contributed by atoms with Crippen molar-refractivity contribution in [3.63, 3.8) is 0 Å². The standard InChI is InChI=1S/C13H21O8P/c1-4-7-8-9-19-22(16,20-10-17-12(14)5-2)21-11-18-13(15)6-3/h5-6H,2-4,7-11H2,1H3. The van der Waals surface area contributed by atoms with Crippen LogP contribution in [0.5, 0.6) is 0 Å². The van der Waals surface area contributed by atoms with Gasteiger partial charge in [0.05, 0.1) is 6.61 Å². The highest BCUT2D eigenvalue weighted by Gasteiger charge is 2.28. The summed E-state index contributed by atoms with van der Waals surface area (Å²) in [4.78, 5) is 21.7. The molecule has 0 aromatic carbocycles. The zero-order valence-corrected chi connectivity index (χ0v) is 13.4. The first kappa shape index (κ1) is 20.5. The minimum absolute atomic E-state index is 0.121. The van der Waals surface area contributed by atoms with Crippen LogP contribution in [0.3, 0.4) is 0 Å². The van der Waals surface area contributed by atoms with Crippen LogP contribution in [0.1, 0.15) is 26.2 Å². The van der Waals surface area contributed by atoms with Crippen LogP contribution >= 0.6 is 7.82 Å². The lowest BCUT2D eigenvalue weighted by Gasteiger charge is -2.17. The van der Waals surface area contributed by atoms with Crippen molar-refractivity contribution >= 4 is 19.8 Å². The molecule has 0 saturated carbocycles. The predicted octanol–water partition coefficient (Wildman–Crippen LogP) is 2.71. The van der Waals surface area contributed by atoms with Gasteiger partial charge in [0.15, 0.2) is 0 Å². The van der Waals surface area contributed by atoms with Crippen molar-refractivity contribution in [2.75, 3.05) is 20.2 Å². The molecular weight excluding hydrogens is 315 g/mol. The molecule has 0 radical (unpaired) electrons. The third-order valence-corrected chi connectivity index (χ3v) is 3.50. The van der Waals surface area contributed by atoms with E-state index in [1.54, 1.807) is 0 Å². The average Bonchev–Trinajstić information content (AvgIpc) is 2.51. The van der Waals surface area contributed by atoms with Crippen molar-refractivity contribution in [3.8, 4) is 0 Å². The summed E-state index contributed by atoms with van der Waals surface area (Å²) in [6.07, 6.45) is 4.30. The molecule has 0 N–H and O–H groups in total. The summed E-state index contributed by atoms with van der Waals surface area (Å²) in [6, 6.07) is 0. The van der Waals surface area contributed by atoms with Crippen LogP contribution in [-0.2, 0) is 37.2 Å². The topological polar surface area (TPSA) is 97.4 Å². The molecule has 0 aromatic rings. The van der Waals surface area contributed by atoms with Crippen molar-refractivity contribution in [1.82, 2.24) is 0 Å². The Kier molecular flexibility index (Phi) is 11.3. The summed E-state index contributed by atoms with van der Waals surface area (Å²) >= 11 is 0. The molecule has 0 amide bonds. The number of unbranched alkanes of at least 4 members (excludes halogenated alkanes) is 2. The number of hydrogen-bond acceptors (Lipinski definition) is 8. The van der Waals surface area contributed by atoms with E-state index in [1.165, 1.54) is 0 Å². The van der Waals surface area contributed by atoms with Crippen LogP contribution in [0, 0.1) is 0 Å². The lowest BCUT2D eigenvalue weighted by molar-refractivity contribution is -0.147. The van der Waals surface area contributed by atoms with Gasteiger partial charge in [-0.15, -0.1) is 0 Å². The Morgan fingerprint density at radius 2 is 1.45 bits per heavy atom. The quantitative estimate of drug-likeness (QED) is 0.166. The van der Waals surface area contributed by atoms with E-state index in [2.05, 4.69) is 22.6 Å². The number of phosphoric ester groups is 1. The highest BCUT2D eigenvalue weighted by molar-refractivity contribution is 7.48. The van der Waals surface area contributed by atoms with Crippen LogP contribution in [0.2, 0.25) is 0 Å². The van der Waals surface area contributed by atoms with Gasteiger partial charge in [-0.05, 0) is 6.42 Å². The lowest BCUT2D eigenvalue weighted by atomic mass is 10.3. The van der Waals surface area contributed by atoms with E-state index in [-0.39, 0.29) is 6.61 Å². The molecule has 126 valence electrons. The van der Waals surface area contributed by atoms with Gasteiger partial charge in [0.2, 0.25) is 13.6 Å². The van der Waals surface area contributed by atoms with E-state index in [0.717, 1.165) is 25.0 Å². The molecule has 0 fully saturated rings. The largest absolute Gasteiger partial charge is 0.480 e. The van der Waals surface area contributed by atoms with E-state index in [0.29, 0.717) is 6.42 Å². The highest BCUT2D eigenvalue weighted by atomic mass is 31.2. The van der Waals surface area contributed by atoms with E-state index < -0.39 is 33.3 Å². The minimum Gasteiger partial charge on any atom is -0.435 e. The SMILES string of the molecule is C=CC(=O)OCOP(=O)(OCCCCC)OCOC(=O)C=C. The Morgan fingerprint density at radius 1 is 0.955 bits per heavy atom. The summed E-state index contributed by atoms with van der Waals surface area (Å²) in [5, 5.41) is 0. The van der Waals surface area contributed by atoms with Gasteiger partial charge in [-0.1, -0.05) is 32.9 Å². The molecule has 9 heteroatoms. The first-order chi connectivity index (χ1) is 10.5. The van der Waals surface area contributed by atoms with E-state index in [4.69, 9.17) is 13.6 Å². The molecule has 0 aliphatic heterocycles. The summed E-state index contributed by atoms with van der Waals surface area (Å²) < 4.78 is 35.9. The molecular formula is C13H21O8P. The molecule has 8 nitrogen and oxygen atoms in total. The molecule has 0 aliphatic rings. The van der Waals surface area contributed by atoms with Gasteiger partial charge < -0.3 is 9.47 Å². The van der Waals surface area contributed by atoms with Crippen LogP contribution < -0.4 is 0 Å². The second-order valence-electron chi connectivity index (χ2n) is 3.82. The fourth-order valence-corrected chi connectivity index (χ4v) is 2.00. The zero-order chi connectivity index (χ0) is 16.8. The second-order valence-corrected chi connectivity index (χ2v) is 5.49. The number of phosphoric acid groups is 1. The zero-order valence-electron chi connectivity index (χ0n) is 12.5. The molecule has 0 spiro atoms. The Labute approximate surface area is 129 Å². The van der Waals surface area contributed by atoms with Gasteiger partial charge in [-0.25, -0.2) is 23.2 Å². The number of ether oxygens (including phenoxy) is 2. The van der Waals surface area contributed by atoms with E-state index in [9.17, 15) is 14.2 Å². The second kappa shape index (κ2) is 12.1. The summed E-state index contributed by atoms with van der Waals surface area (Å²) in [5.41, 5.74) is 0. The van der Waals surface area contributed by atoms with Crippen LogP contribution in [0.15, 0.2) is 25.3 Å². The number of hydrogen-bond donors (Lipinski definition) is 0. The fraction of sp³-hybridized carbons (Fsp3) is 0.538. The highest BCUT2D eigenvalue weighted by Crippen LogP contribution is 2.49. The smallest absolute Gasteiger partial charge is 0.435 e. The molecule has 0 bridgehead atoms. The van der Waals surface area contributed by atoms with Crippen LogP contribution in [0.4, 0.5) is 0 Å². The molecule has 0 aliphatic carbocycles. The third-order valence-electron chi connectivity index (χ3n) is 2.15. The maximum Gasteiger partial charge on any atom is 0.480 e. The van der Waals surface area contributed by atoms with Gasteiger partial charge in [0.1, 0.15) is 0 Å². The molecule has 0 saturated heterocycles. The van der Waals surface area contributed by atoms with Crippen LogP contribution in [0.25, 0.3) is 0 Å². The number of esters is 2. The number of carbonyl (C=O) groups excluding carboxylic acids is 2. The number of carbonyl (C=O) groups is 2. The van der Waals surface area contributed by atoms with Gasteiger partial charge in [-0.3, -0.25) is 4.52 Å². The molecule has 22 heavy (non-hydrogen) atoms. The number of rotatable bonds is 13. The monoisotopic (exact) mass is 336 g/mol. The van der Waals surface area contributed by atoms with Gasteiger partial charge >= 0.3 is 19.8 Å². The first-order valence-electron chi connectivity index (χ1n) is 6.59. The van der Waals surface area contributed by atoms with Crippen molar-refractivity contribution in [3.05, 3.63) is 25.3 Å². The fourth-order valence-electron chi connectivity index (χ4n) is 1.06. The van der Waals surface area contributed by atoms with Gasteiger partial charge in [0, 0.05) is 12.2 Å². The summed E-state index contributed by atoms with van der Waals surface area (Å²) in [7, 11) is -4.02. The Bertz CT molecular complexity index is 390. The maximum atomic E-state index is 12.2. The van der Waals surface area contributed by atoms with Crippen molar-refractivity contribution in [1.29, 1.82) is 0 Å². The minimum atomic E-state index is -4.02. The van der Waals surface area contributed by atoms with E-state index >= 15 is 0 Å². The average molecular weight is 336 g/mol. The summed E-state index contributed by atoms with van der Waals surface area (Å²) in [6.45, 7) is 7.21. The lowest BCUT2D eigenvalue weighted by Crippen LogP contribution is -2.10. The molecule has 0 heterocycles. The van der Waals surface area contributed by atoms with Gasteiger partial charge in [-0.2, -0.15) is 0 Å². The van der Waals surface area contributed by atoms with Crippen LogP contribution in [-0.4, -0.2) is 32.1 Å². The Balaban J connectivity index is 4.35. The van der Waals surface area contributed by atoms with Crippen molar-refractivity contribution in [2.45, 2.75) is 26.2 Å². The third kappa shape index (κ3) is 10.3. The Hall–Kier alpha value is -1.47. The van der Waals surface area contributed by atoms with Crippen molar-refractivity contribution in [2.24, 2.45) is 0 Å².